The molecule has 0 saturated heterocycles. The Kier molecular flexibility index (Phi) is 6.55. The molecule has 0 aliphatic rings. The summed E-state index contributed by atoms with van der Waals surface area (Å²) in [7, 11) is 0. The Labute approximate surface area is 147 Å². The van der Waals surface area contributed by atoms with E-state index in [4.69, 9.17) is 27.9 Å². The molecule has 3 nitrogen and oxygen atoms in total. The number of carbonyl (C=O) groups excluding carboxylic acids is 1. The molecule has 0 unspecified atom stereocenters. The van der Waals surface area contributed by atoms with Gasteiger partial charge in [-0.3, -0.25) is 4.79 Å². The quantitative estimate of drug-likeness (QED) is 0.772. The van der Waals surface area contributed by atoms with E-state index in [2.05, 4.69) is 21.2 Å². The molecule has 0 bridgehead atoms. The standard InChI is InChI=1S/C16H14BrCl2NO2/c17-12-3-6-15(14(19)9-12)22-10-16(21)20-8-7-11-1-4-13(18)5-2-11/h1-6,9H,7-8,10H2,(H,20,21). The molecule has 2 rings (SSSR count). The SMILES string of the molecule is O=C(COc1ccc(Br)cc1Cl)NCCc1ccc(Cl)cc1. The van der Waals surface area contributed by atoms with E-state index in [1.54, 1.807) is 18.2 Å². The molecule has 0 aromatic heterocycles. The first-order chi connectivity index (χ1) is 10.5. The number of amides is 1. The lowest BCUT2D eigenvalue weighted by Gasteiger charge is -2.09. The molecule has 0 fully saturated rings. The van der Waals surface area contributed by atoms with Crippen molar-refractivity contribution in [1.29, 1.82) is 0 Å². The molecule has 116 valence electrons. The maximum absolute atomic E-state index is 11.7. The molecule has 6 heteroatoms. The Hall–Kier alpha value is -1.23. The molecule has 0 aliphatic carbocycles. The molecular weight excluding hydrogens is 389 g/mol. The van der Waals surface area contributed by atoms with Crippen LogP contribution in [0.25, 0.3) is 0 Å². The smallest absolute Gasteiger partial charge is 0.257 e. The normalized spacial score (nSPS) is 10.3. The van der Waals surface area contributed by atoms with Crippen LogP contribution in [0.15, 0.2) is 46.9 Å². The number of benzene rings is 2. The van der Waals surface area contributed by atoms with Crippen molar-refractivity contribution in [1.82, 2.24) is 5.32 Å². The second-order valence-electron chi connectivity index (χ2n) is 4.59. The molecule has 0 heterocycles. The van der Waals surface area contributed by atoms with Gasteiger partial charge in [-0.15, -0.1) is 0 Å². The summed E-state index contributed by atoms with van der Waals surface area (Å²) < 4.78 is 6.25. The predicted octanol–water partition coefficient (Wildman–Crippen LogP) is 4.49. The minimum absolute atomic E-state index is 0.0675. The lowest BCUT2D eigenvalue weighted by Crippen LogP contribution is -2.30. The highest BCUT2D eigenvalue weighted by Crippen LogP contribution is 2.27. The van der Waals surface area contributed by atoms with Crippen molar-refractivity contribution in [3.8, 4) is 5.75 Å². The van der Waals surface area contributed by atoms with Crippen LogP contribution >= 0.6 is 39.1 Å². The van der Waals surface area contributed by atoms with Gasteiger partial charge in [0.25, 0.3) is 5.91 Å². The van der Waals surface area contributed by atoms with Crippen molar-refractivity contribution in [3.05, 3.63) is 62.5 Å². The van der Waals surface area contributed by atoms with E-state index in [-0.39, 0.29) is 12.5 Å². The van der Waals surface area contributed by atoms with E-state index < -0.39 is 0 Å². The minimum Gasteiger partial charge on any atom is -0.482 e. The van der Waals surface area contributed by atoms with E-state index in [1.807, 2.05) is 24.3 Å². The number of halogens is 3. The summed E-state index contributed by atoms with van der Waals surface area (Å²) in [5, 5.41) is 3.96. The first-order valence-corrected chi connectivity index (χ1v) is 8.18. The van der Waals surface area contributed by atoms with Gasteiger partial charge in [0, 0.05) is 16.0 Å². The molecule has 0 radical (unpaired) electrons. The molecule has 1 N–H and O–H groups in total. The largest absolute Gasteiger partial charge is 0.482 e. The highest BCUT2D eigenvalue weighted by molar-refractivity contribution is 9.10. The zero-order valence-electron chi connectivity index (χ0n) is 11.6. The van der Waals surface area contributed by atoms with Crippen molar-refractivity contribution in [2.24, 2.45) is 0 Å². The van der Waals surface area contributed by atoms with Gasteiger partial charge in [0.2, 0.25) is 0 Å². The summed E-state index contributed by atoms with van der Waals surface area (Å²) in [6.07, 6.45) is 0.738. The summed E-state index contributed by atoms with van der Waals surface area (Å²) in [4.78, 5) is 11.7. The van der Waals surface area contributed by atoms with E-state index >= 15 is 0 Å². The van der Waals surface area contributed by atoms with Crippen LogP contribution in [0.5, 0.6) is 5.75 Å². The van der Waals surface area contributed by atoms with E-state index in [0.717, 1.165) is 16.5 Å². The van der Waals surface area contributed by atoms with Crippen molar-refractivity contribution >= 4 is 45.0 Å². The fraction of sp³-hybridized carbons (Fsp3) is 0.188. The lowest BCUT2D eigenvalue weighted by molar-refractivity contribution is -0.123. The van der Waals surface area contributed by atoms with E-state index in [1.165, 1.54) is 0 Å². The zero-order chi connectivity index (χ0) is 15.9. The Morgan fingerprint density at radius 1 is 1.14 bits per heavy atom. The average Bonchev–Trinajstić information content (AvgIpc) is 2.48. The van der Waals surface area contributed by atoms with Crippen LogP contribution in [0, 0.1) is 0 Å². The minimum atomic E-state index is -0.187. The summed E-state index contributed by atoms with van der Waals surface area (Å²) >= 11 is 15.1. The van der Waals surface area contributed by atoms with E-state index in [9.17, 15) is 4.79 Å². The second-order valence-corrected chi connectivity index (χ2v) is 6.35. The Morgan fingerprint density at radius 3 is 2.55 bits per heavy atom. The van der Waals surface area contributed by atoms with Crippen LogP contribution in [0.4, 0.5) is 0 Å². The van der Waals surface area contributed by atoms with E-state index in [0.29, 0.717) is 22.3 Å². The number of rotatable bonds is 6. The van der Waals surface area contributed by atoms with Gasteiger partial charge >= 0.3 is 0 Å². The van der Waals surface area contributed by atoms with Gasteiger partial charge in [-0.05, 0) is 42.3 Å². The van der Waals surface area contributed by atoms with Gasteiger partial charge in [0.1, 0.15) is 5.75 Å². The van der Waals surface area contributed by atoms with Crippen molar-refractivity contribution in [3.63, 3.8) is 0 Å². The topological polar surface area (TPSA) is 38.3 Å². The zero-order valence-corrected chi connectivity index (χ0v) is 14.7. The summed E-state index contributed by atoms with van der Waals surface area (Å²) in [5.74, 6) is 0.297. The highest BCUT2D eigenvalue weighted by atomic mass is 79.9. The maximum atomic E-state index is 11.7. The number of hydrogen-bond acceptors (Lipinski definition) is 2. The van der Waals surface area contributed by atoms with Gasteiger partial charge < -0.3 is 10.1 Å². The molecule has 0 aliphatic heterocycles. The fourth-order valence-corrected chi connectivity index (χ4v) is 2.64. The van der Waals surface area contributed by atoms with Crippen molar-refractivity contribution in [2.75, 3.05) is 13.2 Å². The van der Waals surface area contributed by atoms with Crippen LogP contribution in [-0.4, -0.2) is 19.1 Å². The molecule has 1 amide bonds. The summed E-state index contributed by atoms with van der Waals surface area (Å²) in [6.45, 7) is 0.472. The van der Waals surface area contributed by atoms with Crippen molar-refractivity contribution in [2.45, 2.75) is 6.42 Å². The molecule has 0 saturated carbocycles. The molecule has 2 aromatic carbocycles. The second kappa shape index (κ2) is 8.42. The third-order valence-corrected chi connectivity index (χ3v) is 3.94. The average molecular weight is 403 g/mol. The van der Waals surface area contributed by atoms with Gasteiger partial charge in [-0.1, -0.05) is 51.3 Å². The third-order valence-electron chi connectivity index (χ3n) is 2.90. The van der Waals surface area contributed by atoms with Gasteiger partial charge in [-0.25, -0.2) is 0 Å². The van der Waals surface area contributed by atoms with Crippen molar-refractivity contribution < 1.29 is 9.53 Å². The van der Waals surface area contributed by atoms with Crippen LogP contribution in [-0.2, 0) is 11.2 Å². The summed E-state index contributed by atoms with van der Waals surface area (Å²) in [6, 6.07) is 12.8. The fourth-order valence-electron chi connectivity index (χ4n) is 1.78. The first-order valence-electron chi connectivity index (χ1n) is 6.63. The Bertz CT molecular complexity index is 647. The highest BCUT2D eigenvalue weighted by Gasteiger charge is 2.06. The van der Waals surface area contributed by atoms with Gasteiger partial charge in [-0.2, -0.15) is 0 Å². The Balaban J connectivity index is 1.72. The van der Waals surface area contributed by atoms with Crippen LogP contribution in [0.2, 0.25) is 10.0 Å². The maximum Gasteiger partial charge on any atom is 0.257 e. The van der Waals surface area contributed by atoms with Crippen LogP contribution in [0.3, 0.4) is 0 Å². The number of carbonyl (C=O) groups is 1. The lowest BCUT2D eigenvalue weighted by atomic mass is 10.1. The number of hydrogen-bond donors (Lipinski definition) is 1. The number of ether oxygens (including phenoxy) is 1. The van der Waals surface area contributed by atoms with Gasteiger partial charge in [0.15, 0.2) is 6.61 Å². The third kappa shape index (κ3) is 5.52. The van der Waals surface area contributed by atoms with Crippen LogP contribution in [0.1, 0.15) is 5.56 Å². The molecular formula is C16H14BrCl2NO2. The molecule has 22 heavy (non-hydrogen) atoms. The predicted molar refractivity (Wildman–Crippen MR) is 92.8 cm³/mol. The Morgan fingerprint density at radius 2 is 1.86 bits per heavy atom. The molecule has 0 spiro atoms. The van der Waals surface area contributed by atoms with Gasteiger partial charge in [0.05, 0.1) is 5.02 Å². The van der Waals surface area contributed by atoms with Crippen LogP contribution < -0.4 is 10.1 Å². The first kappa shape index (κ1) is 17.1. The molecule has 0 atom stereocenters. The summed E-state index contributed by atoms with van der Waals surface area (Å²) in [5.41, 5.74) is 1.11. The monoisotopic (exact) mass is 401 g/mol. The molecule has 2 aromatic rings. The number of nitrogens with one attached hydrogen (secondary N) is 1.